The fourth-order valence-corrected chi connectivity index (χ4v) is 0.527. The molecule has 0 aromatic carbocycles. The third-order valence-corrected chi connectivity index (χ3v) is 0.935. The Labute approximate surface area is 77.9 Å². The molecule has 0 fully saturated rings. The molecule has 11 heavy (non-hydrogen) atoms. The topological polar surface area (TPSA) is 49.9 Å². The van der Waals surface area contributed by atoms with Gasteiger partial charge >= 0.3 is 19.5 Å². The fourth-order valence-electron chi connectivity index (χ4n) is 0.527. The molecule has 0 aliphatic rings. The molecule has 0 atom stereocenters. The fraction of sp³-hybridized carbons (Fsp3) is 0. The number of nitrogens with one attached hydrogen (secondary N) is 1. The zero-order valence-corrected chi connectivity index (χ0v) is 7.64. The molecule has 3 nitrogen and oxygen atoms in total. The van der Waals surface area contributed by atoms with Gasteiger partial charge in [0.2, 0.25) is 0 Å². The molecule has 0 bridgehead atoms. The number of rotatable bonds is 2. The van der Waals surface area contributed by atoms with E-state index in [0.29, 0.717) is 0 Å². The summed E-state index contributed by atoms with van der Waals surface area (Å²) in [6.07, 6.45) is 2.82. The van der Waals surface area contributed by atoms with Gasteiger partial charge in [-0.15, -0.1) is 6.07 Å². The number of carbonyl (C=O) groups is 1. The Kier molecular flexibility index (Phi) is 7.01. The van der Waals surface area contributed by atoms with Crippen molar-refractivity contribution < 1.29 is 29.1 Å². The minimum Gasteiger partial charge on any atom is -0.436 e. The molecule has 1 aromatic heterocycles. The average Bonchev–Trinajstić information content (AvgIpc) is 2.37. The Bertz CT molecular complexity index is 218. The zero-order chi connectivity index (χ0) is 6.69. The number of carbonyl (C=O) groups excluding carboxylic acids is 2. The molecule has 0 saturated carbocycles. The first-order chi connectivity index (χ1) is 4.34. The van der Waals surface area contributed by atoms with Crippen molar-refractivity contribution in [2.75, 3.05) is 0 Å². The molecule has 0 aliphatic heterocycles. The second-order valence-electron chi connectivity index (χ2n) is 1.51. The van der Waals surface area contributed by atoms with Gasteiger partial charge in [-0.05, 0) is 6.20 Å². The molecule has 1 N–H and O–H groups in total. The maximum absolute atomic E-state index is 10.4. The van der Waals surface area contributed by atoms with Crippen molar-refractivity contribution in [2.45, 2.75) is 0 Å². The number of H-pyrrole nitrogens is 1. The molecular weight excluding hydrogens is 231 g/mol. The molecular formula is C7H7NO2Ru. The van der Waals surface area contributed by atoms with E-state index in [-0.39, 0.29) is 32.6 Å². The van der Waals surface area contributed by atoms with Crippen molar-refractivity contribution in [3.63, 3.8) is 0 Å². The van der Waals surface area contributed by atoms with Crippen LogP contribution in [0.4, 0.5) is 0 Å². The monoisotopic (exact) mass is 239 g/mol. The number of aromatic amines is 1. The Morgan fingerprint density at radius 2 is 2.18 bits per heavy atom. The van der Waals surface area contributed by atoms with Crippen molar-refractivity contribution in [1.82, 2.24) is 4.98 Å². The Balaban J connectivity index is 0. The van der Waals surface area contributed by atoms with Crippen molar-refractivity contribution in [2.24, 2.45) is 0 Å². The van der Waals surface area contributed by atoms with Gasteiger partial charge in [0, 0.05) is 6.29 Å². The molecule has 1 heterocycles. The molecule has 0 saturated heterocycles. The summed E-state index contributed by atoms with van der Waals surface area (Å²) < 4.78 is 0. The van der Waals surface area contributed by atoms with Crippen molar-refractivity contribution in [3.8, 4) is 0 Å². The van der Waals surface area contributed by atoms with E-state index in [9.17, 15) is 9.59 Å². The van der Waals surface area contributed by atoms with Crippen LogP contribution in [0.25, 0.3) is 0 Å². The summed E-state index contributed by atoms with van der Waals surface area (Å²) in [6, 6.07) is 3.16. The number of hydrogen-bond acceptors (Lipinski definition) is 2. The van der Waals surface area contributed by atoms with E-state index in [1.807, 2.05) is 0 Å². The first-order valence-electron chi connectivity index (χ1n) is 2.40. The van der Waals surface area contributed by atoms with Gasteiger partial charge in [0.05, 0.1) is 5.78 Å². The maximum atomic E-state index is 10.4. The quantitative estimate of drug-likeness (QED) is 0.358. The van der Waals surface area contributed by atoms with Crippen molar-refractivity contribution >= 4 is 12.1 Å². The number of aromatic nitrogens is 1. The normalized spacial score (nSPS) is 7.27. The number of Topliss-reactive ketones (excluding diaryl/α,β-unsaturated/α-hetero) is 1. The average molecular weight is 238 g/mol. The summed E-state index contributed by atoms with van der Waals surface area (Å²) >= 11 is 0. The second kappa shape index (κ2) is 5.99. The van der Waals surface area contributed by atoms with Crippen LogP contribution in [0.1, 0.15) is 10.5 Å². The Morgan fingerprint density at radius 1 is 1.55 bits per heavy atom. The molecule has 0 unspecified atom stereocenters. The minimum atomic E-state index is -0.639. The summed E-state index contributed by atoms with van der Waals surface area (Å²) in [5.41, 5.74) is 0.282. The molecule has 0 amide bonds. The van der Waals surface area contributed by atoms with Gasteiger partial charge in [-0.2, -0.15) is 0 Å². The molecule has 1 aromatic rings. The minimum absolute atomic E-state index is 0. The van der Waals surface area contributed by atoms with Gasteiger partial charge < -0.3 is 22.0 Å². The Hall–Kier alpha value is -0.757. The standard InChI is InChI=1S/C6H4NO2.CH3.Ru/c8-4-6(9)5-2-1-3-7-5;;/h1-3,7H;1H3;/q2*-1;+2. The predicted molar refractivity (Wildman–Crippen MR) is 37.2 cm³/mol. The van der Waals surface area contributed by atoms with Gasteiger partial charge in [0.15, 0.2) is 0 Å². The van der Waals surface area contributed by atoms with Crippen LogP contribution in [-0.4, -0.2) is 17.1 Å². The third kappa shape index (κ3) is 3.24. The summed E-state index contributed by atoms with van der Waals surface area (Å²) in [4.78, 5) is 22.7. The van der Waals surface area contributed by atoms with Crippen LogP contribution in [0.2, 0.25) is 0 Å². The SMILES string of the molecule is O=[C-]C(=O)c1ccc[nH]1.[CH3-].[Ru+2]. The van der Waals surface area contributed by atoms with E-state index >= 15 is 0 Å². The zero-order valence-electron chi connectivity index (χ0n) is 5.90. The van der Waals surface area contributed by atoms with Gasteiger partial charge in [-0.1, -0.05) is 11.8 Å². The Morgan fingerprint density at radius 3 is 2.55 bits per heavy atom. The van der Waals surface area contributed by atoms with Gasteiger partial charge in [-0.25, -0.2) is 0 Å². The summed E-state index contributed by atoms with van der Waals surface area (Å²) in [6.45, 7) is 0. The smallest absolute Gasteiger partial charge is 0.436 e. The van der Waals surface area contributed by atoms with E-state index in [0.717, 1.165) is 0 Å². The van der Waals surface area contributed by atoms with Gasteiger partial charge in [0.25, 0.3) is 0 Å². The third-order valence-electron chi connectivity index (χ3n) is 0.935. The molecule has 0 radical (unpaired) electrons. The first kappa shape index (κ1) is 12.9. The van der Waals surface area contributed by atoms with E-state index < -0.39 is 5.78 Å². The molecule has 0 aliphatic carbocycles. The molecule has 4 heteroatoms. The van der Waals surface area contributed by atoms with Crippen LogP contribution in [0.5, 0.6) is 0 Å². The van der Waals surface area contributed by atoms with E-state index in [2.05, 4.69) is 4.98 Å². The summed E-state index contributed by atoms with van der Waals surface area (Å²) in [7, 11) is 0. The molecule has 0 spiro atoms. The largest absolute Gasteiger partial charge is 2.00 e. The van der Waals surface area contributed by atoms with Crippen LogP contribution in [0.3, 0.4) is 0 Å². The van der Waals surface area contributed by atoms with Crippen molar-refractivity contribution in [3.05, 3.63) is 31.5 Å². The summed E-state index contributed by atoms with van der Waals surface area (Å²) in [5.74, 6) is -0.639. The maximum Gasteiger partial charge on any atom is 2.00 e. The number of hydrogen-bond donors (Lipinski definition) is 1. The first-order valence-corrected chi connectivity index (χ1v) is 2.40. The van der Waals surface area contributed by atoms with Gasteiger partial charge in [-0.3, -0.25) is 0 Å². The van der Waals surface area contributed by atoms with Crippen LogP contribution in [-0.2, 0) is 24.3 Å². The van der Waals surface area contributed by atoms with Crippen molar-refractivity contribution in [1.29, 1.82) is 0 Å². The van der Waals surface area contributed by atoms with E-state index in [1.165, 1.54) is 12.4 Å². The second-order valence-corrected chi connectivity index (χ2v) is 1.51. The number of ketones is 1. The van der Waals surface area contributed by atoms with Crippen LogP contribution in [0, 0.1) is 7.43 Å². The van der Waals surface area contributed by atoms with Crippen LogP contribution < -0.4 is 0 Å². The van der Waals surface area contributed by atoms with E-state index in [1.54, 1.807) is 12.3 Å². The van der Waals surface area contributed by atoms with E-state index in [4.69, 9.17) is 0 Å². The van der Waals surface area contributed by atoms with Crippen LogP contribution >= 0.6 is 0 Å². The van der Waals surface area contributed by atoms with Crippen LogP contribution in [0.15, 0.2) is 18.3 Å². The summed E-state index contributed by atoms with van der Waals surface area (Å²) in [5, 5.41) is 0. The van der Waals surface area contributed by atoms with Gasteiger partial charge in [0.1, 0.15) is 0 Å². The molecule has 1 rings (SSSR count). The molecule has 60 valence electrons. The predicted octanol–water partition coefficient (Wildman–Crippen LogP) is 0.755.